The van der Waals surface area contributed by atoms with E-state index in [1.165, 1.54) is 12.1 Å². The molecule has 0 aliphatic rings. The summed E-state index contributed by atoms with van der Waals surface area (Å²) in [7, 11) is 0. The third kappa shape index (κ3) is 4.79. The molecular weight excluding hydrogens is 260 g/mol. The van der Waals surface area contributed by atoms with E-state index in [4.69, 9.17) is 10.5 Å². The van der Waals surface area contributed by atoms with Crippen LogP contribution in [0.1, 0.15) is 37.6 Å². The van der Waals surface area contributed by atoms with Crippen LogP contribution in [0.15, 0.2) is 18.2 Å². The highest BCUT2D eigenvalue weighted by molar-refractivity contribution is 5.98. The van der Waals surface area contributed by atoms with Crippen LogP contribution < -0.4 is 11.1 Å². The van der Waals surface area contributed by atoms with Gasteiger partial charge < -0.3 is 20.9 Å². The predicted molar refractivity (Wildman–Crippen MR) is 75.3 cm³/mol. The van der Waals surface area contributed by atoms with Gasteiger partial charge in [0.2, 0.25) is 0 Å². The number of rotatable bonds is 4. The molecule has 6 nitrogen and oxygen atoms in total. The zero-order valence-corrected chi connectivity index (χ0v) is 11.9. The van der Waals surface area contributed by atoms with Crippen molar-refractivity contribution in [3.63, 3.8) is 0 Å². The standard InChI is InChI=1S/C14H20N2O4/c1-14(2,3)20-11(17)7-8-16-13(19)9-5-4-6-10(15)12(9)18/h4-6,18H,7-8,15H2,1-3H3,(H,16,19). The van der Waals surface area contributed by atoms with Gasteiger partial charge in [0.05, 0.1) is 17.7 Å². The van der Waals surface area contributed by atoms with Gasteiger partial charge in [0.1, 0.15) is 5.60 Å². The van der Waals surface area contributed by atoms with E-state index >= 15 is 0 Å². The number of para-hydroxylation sites is 1. The Morgan fingerprint density at radius 2 is 2.00 bits per heavy atom. The van der Waals surface area contributed by atoms with Crippen molar-refractivity contribution in [2.45, 2.75) is 32.8 Å². The summed E-state index contributed by atoms with van der Waals surface area (Å²) in [4.78, 5) is 23.3. The summed E-state index contributed by atoms with van der Waals surface area (Å²) < 4.78 is 5.11. The van der Waals surface area contributed by atoms with Crippen molar-refractivity contribution >= 4 is 17.6 Å². The summed E-state index contributed by atoms with van der Waals surface area (Å²) in [6.45, 7) is 5.44. The fourth-order valence-electron chi connectivity index (χ4n) is 1.51. The van der Waals surface area contributed by atoms with E-state index in [1.54, 1.807) is 26.8 Å². The van der Waals surface area contributed by atoms with Crippen LogP contribution in [0.4, 0.5) is 5.69 Å². The number of hydrogen-bond acceptors (Lipinski definition) is 5. The number of nitrogens with two attached hydrogens (primary N) is 1. The zero-order valence-electron chi connectivity index (χ0n) is 11.9. The second kappa shape index (κ2) is 6.27. The van der Waals surface area contributed by atoms with Crippen LogP contribution in [0.2, 0.25) is 0 Å². The molecule has 0 aliphatic carbocycles. The van der Waals surface area contributed by atoms with Gasteiger partial charge in [-0.05, 0) is 32.9 Å². The molecule has 0 fully saturated rings. The smallest absolute Gasteiger partial charge is 0.308 e. The van der Waals surface area contributed by atoms with Crippen LogP contribution in [-0.4, -0.2) is 29.1 Å². The Labute approximate surface area is 117 Å². The third-order valence-electron chi connectivity index (χ3n) is 2.35. The minimum Gasteiger partial charge on any atom is -0.505 e. The Kier molecular flexibility index (Phi) is 4.96. The quantitative estimate of drug-likeness (QED) is 0.440. The van der Waals surface area contributed by atoms with E-state index in [2.05, 4.69) is 5.32 Å². The largest absolute Gasteiger partial charge is 0.505 e. The van der Waals surface area contributed by atoms with E-state index in [9.17, 15) is 14.7 Å². The molecule has 0 saturated carbocycles. The molecule has 0 radical (unpaired) electrons. The van der Waals surface area contributed by atoms with Crippen molar-refractivity contribution in [2.24, 2.45) is 0 Å². The number of hydrogen-bond donors (Lipinski definition) is 3. The number of nitrogens with one attached hydrogen (secondary N) is 1. The number of ether oxygens (including phenoxy) is 1. The third-order valence-corrected chi connectivity index (χ3v) is 2.35. The van der Waals surface area contributed by atoms with Crippen LogP contribution in [0.25, 0.3) is 0 Å². The van der Waals surface area contributed by atoms with E-state index in [0.717, 1.165) is 0 Å². The van der Waals surface area contributed by atoms with E-state index in [0.29, 0.717) is 0 Å². The molecule has 0 saturated heterocycles. The number of amides is 1. The zero-order chi connectivity index (χ0) is 15.3. The average molecular weight is 280 g/mol. The van der Waals surface area contributed by atoms with Crippen LogP contribution >= 0.6 is 0 Å². The molecule has 0 unspecified atom stereocenters. The fourth-order valence-corrected chi connectivity index (χ4v) is 1.51. The molecule has 1 rings (SSSR count). The highest BCUT2D eigenvalue weighted by Crippen LogP contribution is 2.23. The minimum absolute atomic E-state index is 0.0616. The van der Waals surface area contributed by atoms with Crippen molar-refractivity contribution < 1.29 is 19.4 Å². The Bertz CT molecular complexity index is 506. The van der Waals surface area contributed by atoms with E-state index in [1.807, 2.05) is 0 Å². The first-order chi connectivity index (χ1) is 9.20. The van der Waals surface area contributed by atoms with Crippen molar-refractivity contribution in [2.75, 3.05) is 12.3 Å². The lowest BCUT2D eigenvalue weighted by atomic mass is 10.1. The number of nitrogen functional groups attached to an aromatic ring is 1. The van der Waals surface area contributed by atoms with Gasteiger partial charge in [-0.1, -0.05) is 6.07 Å². The average Bonchev–Trinajstić information content (AvgIpc) is 2.30. The van der Waals surface area contributed by atoms with Crippen LogP contribution in [0.3, 0.4) is 0 Å². The van der Waals surface area contributed by atoms with Gasteiger partial charge in [-0.3, -0.25) is 9.59 Å². The Balaban J connectivity index is 2.48. The Morgan fingerprint density at radius 3 is 2.60 bits per heavy atom. The van der Waals surface area contributed by atoms with Crippen LogP contribution in [0.5, 0.6) is 5.75 Å². The second-order valence-electron chi connectivity index (χ2n) is 5.34. The van der Waals surface area contributed by atoms with Crippen LogP contribution in [0, 0.1) is 0 Å². The first-order valence-corrected chi connectivity index (χ1v) is 6.28. The Hall–Kier alpha value is -2.24. The molecule has 110 valence electrons. The first kappa shape index (κ1) is 15.8. The maximum Gasteiger partial charge on any atom is 0.308 e. The number of esters is 1. The molecule has 0 heterocycles. The number of phenolic OH excluding ortho intramolecular Hbond substituents is 1. The molecule has 20 heavy (non-hydrogen) atoms. The van der Waals surface area contributed by atoms with Crippen molar-refractivity contribution in [3.8, 4) is 5.75 Å². The van der Waals surface area contributed by atoms with Gasteiger partial charge >= 0.3 is 5.97 Å². The topological polar surface area (TPSA) is 102 Å². The summed E-state index contributed by atoms with van der Waals surface area (Å²) in [6, 6.07) is 4.51. The number of benzene rings is 1. The Morgan fingerprint density at radius 1 is 1.35 bits per heavy atom. The van der Waals surface area contributed by atoms with Crippen molar-refractivity contribution in [1.29, 1.82) is 0 Å². The van der Waals surface area contributed by atoms with Gasteiger partial charge in [-0.15, -0.1) is 0 Å². The normalized spacial score (nSPS) is 10.9. The summed E-state index contributed by atoms with van der Waals surface area (Å²) in [5, 5.41) is 12.2. The number of aromatic hydroxyl groups is 1. The molecule has 0 aliphatic heterocycles. The van der Waals surface area contributed by atoms with Crippen molar-refractivity contribution in [3.05, 3.63) is 23.8 Å². The molecule has 4 N–H and O–H groups in total. The number of anilines is 1. The summed E-state index contributed by atoms with van der Waals surface area (Å²) in [5.74, 6) is -1.14. The molecule has 6 heteroatoms. The van der Waals surface area contributed by atoms with Crippen LogP contribution in [-0.2, 0) is 9.53 Å². The van der Waals surface area contributed by atoms with E-state index in [-0.39, 0.29) is 30.0 Å². The lowest BCUT2D eigenvalue weighted by molar-refractivity contribution is -0.154. The molecule has 0 aromatic heterocycles. The highest BCUT2D eigenvalue weighted by atomic mass is 16.6. The van der Waals surface area contributed by atoms with Gasteiger partial charge in [0.15, 0.2) is 5.75 Å². The molecule has 0 atom stereocenters. The summed E-state index contributed by atoms with van der Waals surface area (Å²) in [5.41, 5.74) is 5.16. The van der Waals surface area contributed by atoms with Gasteiger partial charge in [0, 0.05) is 6.54 Å². The minimum atomic E-state index is -0.548. The van der Waals surface area contributed by atoms with Gasteiger partial charge in [-0.2, -0.15) is 0 Å². The van der Waals surface area contributed by atoms with Gasteiger partial charge in [-0.25, -0.2) is 0 Å². The summed E-state index contributed by atoms with van der Waals surface area (Å²) >= 11 is 0. The monoisotopic (exact) mass is 280 g/mol. The number of phenols is 1. The maximum absolute atomic E-state index is 11.8. The van der Waals surface area contributed by atoms with Crippen molar-refractivity contribution in [1.82, 2.24) is 5.32 Å². The lowest BCUT2D eigenvalue weighted by Crippen LogP contribution is -2.29. The molecular formula is C14H20N2O4. The summed E-state index contributed by atoms with van der Waals surface area (Å²) in [6.07, 6.45) is 0.0616. The maximum atomic E-state index is 11.8. The SMILES string of the molecule is CC(C)(C)OC(=O)CCNC(=O)c1cccc(N)c1O. The molecule has 0 bridgehead atoms. The number of carbonyl (C=O) groups is 2. The molecule has 1 aromatic rings. The number of carbonyl (C=O) groups excluding carboxylic acids is 2. The molecule has 0 spiro atoms. The van der Waals surface area contributed by atoms with E-state index < -0.39 is 17.5 Å². The predicted octanol–water partition coefficient (Wildman–Crippen LogP) is 1.44. The molecule has 1 amide bonds. The molecule has 1 aromatic carbocycles. The lowest BCUT2D eigenvalue weighted by Gasteiger charge is -2.19. The fraction of sp³-hybridized carbons (Fsp3) is 0.429. The highest BCUT2D eigenvalue weighted by Gasteiger charge is 2.17. The second-order valence-corrected chi connectivity index (χ2v) is 5.34. The van der Waals surface area contributed by atoms with Gasteiger partial charge in [0.25, 0.3) is 5.91 Å². The first-order valence-electron chi connectivity index (χ1n) is 6.28.